The van der Waals surface area contributed by atoms with Crippen molar-refractivity contribution in [2.45, 2.75) is 11.8 Å². The lowest BCUT2D eigenvalue weighted by molar-refractivity contribution is -0.113. The maximum Gasteiger partial charge on any atom is 0.255 e. The van der Waals surface area contributed by atoms with E-state index in [0.29, 0.717) is 32.1 Å². The molecule has 0 aliphatic carbocycles. The van der Waals surface area contributed by atoms with E-state index in [1.807, 2.05) is 60.8 Å². The minimum Gasteiger partial charge on any atom is -0.322 e. The topological polar surface area (TPSA) is 71.1 Å². The fourth-order valence-corrected chi connectivity index (χ4v) is 4.90. The summed E-state index contributed by atoms with van der Waals surface area (Å²) in [5, 5.41) is 9.02. The van der Waals surface area contributed by atoms with E-state index in [0.717, 1.165) is 16.0 Å². The van der Waals surface area contributed by atoms with Crippen molar-refractivity contribution in [1.82, 2.24) is 4.98 Å². The zero-order valence-corrected chi connectivity index (χ0v) is 21.1. The standard InChI is InChI=1S/C25H19Cl2N3O2S2/c1-15-5-2-3-8-19(15)24(32)28-17-6-4-7-18(12-17)33-14-23(31)30-25-29-22(13-34-25)16-9-10-20(26)21(27)11-16/h2-13H,14H2,1H3,(H,28,32)(H,29,30,31). The molecule has 3 aromatic carbocycles. The number of hydrogen-bond donors (Lipinski definition) is 2. The third-order valence-corrected chi connectivity index (χ3v) is 7.31. The third-order valence-electron chi connectivity index (χ3n) is 4.82. The van der Waals surface area contributed by atoms with E-state index in [1.54, 1.807) is 18.2 Å². The number of halogens is 2. The Morgan fingerprint density at radius 1 is 0.971 bits per heavy atom. The van der Waals surface area contributed by atoms with Gasteiger partial charge in [0, 0.05) is 27.1 Å². The Balaban J connectivity index is 1.33. The summed E-state index contributed by atoms with van der Waals surface area (Å²) in [5.74, 6) is -0.134. The number of benzene rings is 3. The molecule has 0 spiro atoms. The highest BCUT2D eigenvalue weighted by molar-refractivity contribution is 8.00. The second-order valence-electron chi connectivity index (χ2n) is 7.30. The van der Waals surface area contributed by atoms with Gasteiger partial charge in [0.05, 0.1) is 21.5 Å². The van der Waals surface area contributed by atoms with Gasteiger partial charge in [-0.3, -0.25) is 9.59 Å². The Morgan fingerprint density at radius 3 is 2.59 bits per heavy atom. The number of thioether (sulfide) groups is 1. The van der Waals surface area contributed by atoms with Crippen LogP contribution in [0.3, 0.4) is 0 Å². The quantitative estimate of drug-likeness (QED) is 0.245. The fraction of sp³-hybridized carbons (Fsp3) is 0.0800. The van der Waals surface area contributed by atoms with Gasteiger partial charge in [-0.25, -0.2) is 4.98 Å². The van der Waals surface area contributed by atoms with Crippen molar-refractivity contribution in [3.8, 4) is 11.3 Å². The summed E-state index contributed by atoms with van der Waals surface area (Å²) in [6.45, 7) is 1.90. The van der Waals surface area contributed by atoms with Crippen LogP contribution in [-0.2, 0) is 4.79 Å². The molecule has 0 unspecified atom stereocenters. The molecule has 1 heterocycles. The van der Waals surface area contributed by atoms with E-state index in [1.165, 1.54) is 23.1 Å². The van der Waals surface area contributed by atoms with Crippen LogP contribution in [0.25, 0.3) is 11.3 Å². The minimum absolute atomic E-state index is 0.167. The summed E-state index contributed by atoms with van der Waals surface area (Å²) in [6, 6.07) is 20.1. The van der Waals surface area contributed by atoms with Gasteiger partial charge in [-0.2, -0.15) is 0 Å². The maximum atomic E-state index is 12.6. The highest BCUT2D eigenvalue weighted by atomic mass is 35.5. The monoisotopic (exact) mass is 527 g/mol. The second kappa shape index (κ2) is 11.1. The zero-order chi connectivity index (χ0) is 24.1. The summed E-state index contributed by atoms with van der Waals surface area (Å²) in [6.07, 6.45) is 0. The molecule has 5 nitrogen and oxygen atoms in total. The number of rotatable bonds is 7. The van der Waals surface area contributed by atoms with E-state index >= 15 is 0 Å². The van der Waals surface area contributed by atoms with Crippen LogP contribution in [0.2, 0.25) is 10.0 Å². The fourth-order valence-electron chi connectivity index (χ4n) is 3.11. The molecule has 2 N–H and O–H groups in total. The molecule has 0 saturated carbocycles. The normalized spacial score (nSPS) is 10.7. The average molecular weight is 528 g/mol. The predicted octanol–water partition coefficient (Wildman–Crippen LogP) is 7.41. The predicted molar refractivity (Wildman–Crippen MR) is 142 cm³/mol. The largest absolute Gasteiger partial charge is 0.322 e. The van der Waals surface area contributed by atoms with Crippen LogP contribution in [0.4, 0.5) is 10.8 Å². The number of carbonyl (C=O) groups is 2. The van der Waals surface area contributed by atoms with Crippen molar-refractivity contribution in [3.63, 3.8) is 0 Å². The zero-order valence-electron chi connectivity index (χ0n) is 18.0. The second-order valence-corrected chi connectivity index (χ2v) is 10.0. The number of nitrogens with one attached hydrogen (secondary N) is 2. The Bertz CT molecular complexity index is 1360. The molecule has 0 aliphatic rings. The number of carbonyl (C=O) groups excluding carboxylic acids is 2. The van der Waals surface area contributed by atoms with Crippen LogP contribution in [0.1, 0.15) is 15.9 Å². The molecule has 0 aliphatic heterocycles. The highest BCUT2D eigenvalue weighted by Gasteiger charge is 2.12. The Morgan fingerprint density at radius 2 is 1.79 bits per heavy atom. The van der Waals surface area contributed by atoms with Crippen molar-refractivity contribution < 1.29 is 9.59 Å². The summed E-state index contributed by atoms with van der Waals surface area (Å²) in [7, 11) is 0. The van der Waals surface area contributed by atoms with Gasteiger partial charge in [-0.15, -0.1) is 23.1 Å². The molecule has 0 atom stereocenters. The molecule has 4 aromatic rings. The van der Waals surface area contributed by atoms with Gasteiger partial charge in [-0.05, 0) is 48.9 Å². The molecule has 0 fully saturated rings. The molecular weight excluding hydrogens is 509 g/mol. The first-order valence-electron chi connectivity index (χ1n) is 10.2. The van der Waals surface area contributed by atoms with Gasteiger partial charge in [0.15, 0.2) is 5.13 Å². The van der Waals surface area contributed by atoms with E-state index in [-0.39, 0.29) is 17.6 Å². The lowest BCUT2D eigenvalue weighted by Crippen LogP contribution is -2.14. The lowest BCUT2D eigenvalue weighted by atomic mass is 10.1. The highest BCUT2D eigenvalue weighted by Crippen LogP contribution is 2.30. The molecule has 34 heavy (non-hydrogen) atoms. The molecule has 9 heteroatoms. The summed E-state index contributed by atoms with van der Waals surface area (Å²) >= 11 is 14.8. The SMILES string of the molecule is Cc1ccccc1C(=O)Nc1cccc(SCC(=O)Nc2nc(-c3ccc(Cl)c(Cl)c3)cs2)c1. The van der Waals surface area contributed by atoms with E-state index in [9.17, 15) is 9.59 Å². The molecule has 172 valence electrons. The molecule has 0 radical (unpaired) electrons. The van der Waals surface area contributed by atoms with Gasteiger partial charge < -0.3 is 10.6 Å². The molecule has 4 rings (SSSR count). The Hall–Kier alpha value is -2.84. The van der Waals surface area contributed by atoms with Crippen LogP contribution in [0.5, 0.6) is 0 Å². The molecule has 1 aromatic heterocycles. The van der Waals surface area contributed by atoms with Gasteiger partial charge >= 0.3 is 0 Å². The van der Waals surface area contributed by atoms with Gasteiger partial charge in [0.1, 0.15) is 0 Å². The van der Waals surface area contributed by atoms with Crippen molar-refractivity contribution >= 4 is 68.9 Å². The van der Waals surface area contributed by atoms with Crippen LogP contribution in [0, 0.1) is 6.92 Å². The van der Waals surface area contributed by atoms with Crippen molar-refractivity contribution in [2.24, 2.45) is 0 Å². The smallest absolute Gasteiger partial charge is 0.255 e. The summed E-state index contributed by atoms with van der Waals surface area (Å²) in [4.78, 5) is 30.3. The van der Waals surface area contributed by atoms with E-state index < -0.39 is 0 Å². The van der Waals surface area contributed by atoms with Gasteiger partial charge in [0.25, 0.3) is 5.91 Å². The Kier molecular flexibility index (Phi) is 7.90. The van der Waals surface area contributed by atoms with Crippen molar-refractivity contribution in [2.75, 3.05) is 16.4 Å². The van der Waals surface area contributed by atoms with Crippen molar-refractivity contribution in [3.05, 3.63) is 93.3 Å². The average Bonchev–Trinajstić information content (AvgIpc) is 3.28. The first-order chi connectivity index (χ1) is 16.4. The number of anilines is 2. The van der Waals surface area contributed by atoms with Gasteiger partial charge in [-0.1, -0.05) is 53.5 Å². The Labute approximate surface area is 215 Å². The number of nitrogens with zero attached hydrogens (tertiary/aromatic N) is 1. The molecule has 0 saturated heterocycles. The number of aromatic nitrogens is 1. The number of thiazole rings is 1. The molecular formula is C25H19Cl2N3O2S2. The lowest BCUT2D eigenvalue weighted by Gasteiger charge is -2.09. The first kappa shape index (κ1) is 24.3. The van der Waals surface area contributed by atoms with E-state index in [2.05, 4.69) is 15.6 Å². The first-order valence-corrected chi connectivity index (χ1v) is 12.8. The number of aryl methyl sites for hydroxylation is 1. The van der Waals surface area contributed by atoms with Crippen LogP contribution < -0.4 is 10.6 Å². The molecule has 2 amide bonds. The summed E-state index contributed by atoms with van der Waals surface area (Å²) < 4.78 is 0. The minimum atomic E-state index is -0.172. The maximum absolute atomic E-state index is 12.6. The summed E-state index contributed by atoms with van der Waals surface area (Å²) in [5.41, 5.74) is 3.74. The molecule has 0 bridgehead atoms. The van der Waals surface area contributed by atoms with Crippen LogP contribution in [-0.4, -0.2) is 22.6 Å². The van der Waals surface area contributed by atoms with Crippen LogP contribution >= 0.6 is 46.3 Å². The third kappa shape index (κ3) is 6.18. The number of hydrogen-bond acceptors (Lipinski definition) is 5. The number of amides is 2. The van der Waals surface area contributed by atoms with E-state index in [4.69, 9.17) is 23.2 Å². The van der Waals surface area contributed by atoms with Crippen LogP contribution in [0.15, 0.2) is 77.0 Å². The van der Waals surface area contributed by atoms with Gasteiger partial charge in [0.2, 0.25) is 5.91 Å². The van der Waals surface area contributed by atoms with Crippen molar-refractivity contribution in [1.29, 1.82) is 0 Å².